The van der Waals surface area contributed by atoms with Crippen LogP contribution in [0.25, 0.3) is 0 Å². The Morgan fingerprint density at radius 2 is 1.71 bits per heavy atom. The third-order valence-corrected chi connectivity index (χ3v) is 5.17. The summed E-state index contributed by atoms with van der Waals surface area (Å²) in [5, 5.41) is 0. The number of hydrogen-bond acceptors (Lipinski definition) is 5. The average molecular weight is 381 g/mol. The van der Waals surface area contributed by atoms with Gasteiger partial charge in [-0.3, -0.25) is 19.6 Å². The van der Waals surface area contributed by atoms with Crippen molar-refractivity contribution in [1.29, 1.82) is 0 Å². The molecule has 3 rings (SSSR count). The van der Waals surface area contributed by atoms with Crippen molar-refractivity contribution < 1.29 is 9.59 Å². The normalized spacial score (nSPS) is 14.7. The first kappa shape index (κ1) is 19.9. The van der Waals surface area contributed by atoms with Gasteiger partial charge in [0.05, 0.1) is 11.1 Å². The van der Waals surface area contributed by atoms with Crippen LogP contribution in [-0.2, 0) is 6.42 Å². The number of pyridine rings is 2. The molecule has 148 valence electrons. The van der Waals surface area contributed by atoms with E-state index in [1.807, 2.05) is 17.0 Å². The highest BCUT2D eigenvalue weighted by molar-refractivity contribution is 5.99. The molecule has 7 nitrogen and oxygen atoms in total. The summed E-state index contributed by atoms with van der Waals surface area (Å²) >= 11 is 0. The van der Waals surface area contributed by atoms with Crippen molar-refractivity contribution in [2.75, 3.05) is 46.3 Å². The lowest BCUT2D eigenvalue weighted by atomic mass is 10.1. The monoisotopic (exact) mass is 381 g/mol. The Kier molecular flexibility index (Phi) is 6.71. The van der Waals surface area contributed by atoms with Crippen LogP contribution in [-0.4, -0.2) is 82.8 Å². The molecule has 0 aromatic carbocycles. The molecule has 0 aliphatic carbocycles. The Labute approximate surface area is 166 Å². The zero-order chi connectivity index (χ0) is 19.9. The molecular formula is C21H27N5O2. The van der Waals surface area contributed by atoms with Crippen LogP contribution in [0.5, 0.6) is 0 Å². The van der Waals surface area contributed by atoms with E-state index in [0.717, 1.165) is 31.6 Å². The maximum absolute atomic E-state index is 12.8. The molecule has 1 aliphatic heterocycles. The highest BCUT2D eigenvalue weighted by Gasteiger charge is 2.22. The lowest BCUT2D eigenvalue weighted by Crippen LogP contribution is -2.48. The number of amides is 2. The number of nitrogens with zero attached hydrogens (tertiary/aromatic N) is 5. The minimum absolute atomic E-state index is 0.0580. The van der Waals surface area contributed by atoms with Crippen LogP contribution < -0.4 is 0 Å². The molecule has 1 fully saturated rings. The molecule has 2 amide bonds. The van der Waals surface area contributed by atoms with Gasteiger partial charge < -0.3 is 14.7 Å². The zero-order valence-electron chi connectivity index (χ0n) is 16.5. The van der Waals surface area contributed by atoms with E-state index in [1.54, 1.807) is 36.6 Å². The first-order chi connectivity index (χ1) is 13.6. The molecule has 2 aromatic rings. The van der Waals surface area contributed by atoms with Gasteiger partial charge in [-0.1, -0.05) is 6.92 Å². The summed E-state index contributed by atoms with van der Waals surface area (Å²) in [6, 6.07) is 5.54. The number of hydrogen-bond donors (Lipinski definition) is 0. The summed E-state index contributed by atoms with van der Waals surface area (Å²) in [4.78, 5) is 39.5. The third kappa shape index (κ3) is 4.92. The van der Waals surface area contributed by atoms with E-state index in [4.69, 9.17) is 0 Å². The van der Waals surface area contributed by atoms with E-state index < -0.39 is 0 Å². The fraction of sp³-hybridized carbons (Fsp3) is 0.429. The lowest BCUT2D eigenvalue weighted by molar-refractivity contribution is 0.0643. The molecule has 0 unspecified atom stereocenters. The Hall–Kier alpha value is -2.80. The minimum Gasteiger partial charge on any atom is -0.341 e. The van der Waals surface area contributed by atoms with Crippen LogP contribution in [0.2, 0.25) is 0 Å². The second kappa shape index (κ2) is 9.41. The molecule has 7 heteroatoms. The van der Waals surface area contributed by atoms with Gasteiger partial charge in [-0.25, -0.2) is 0 Å². The van der Waals surface area contributed by atoms with Crippen molar-refractivity contribution >= 4 is 11.8 Å². The quantitative estimate of drug-likeness (QED) is 0.760. The molecule has 0 radical (unpaired) electrons. The summed E-state index contributed by atoms with van der Waals surface area (Å²) < 4.78 is 0. The standard InChI is InChI=1S/C21H27N5O2/c1-3-25-10-12-26(13-11-25)21(28)19-14-18(15-23-16-19)20(27)24(2)9-6-17-4-7-22-8-5-17/h4-5,7-8,14-16H,3,6,9-13H2,1-2H3. The van der Waals surface area contributed by atoms with Gasteiger partial charge in [-0.05, 0) is 36.7 Å². The Morgan fingerprint density at radius 1 is 1.04 bits per heavy atom. The number of carbonyl (C=O) groups is 2. The van der Waals surface area contributed by atoms with E-state index in [-0.39, 0.29) is 11.8 Å². The summed E-state index contributed by atoms with van der Waals surface area (Å²) in [5.41, 5.74) is 2.04. The van der Waals surface area contributed by atoms with E-state index in [1.165, 1.54) is 6.20 Å². The van der Waals surface area contributed by atoms with Crippen LogP contribution >= 0.6 is 0 Å². The predicted molar refractivity (Wildman–Crippen MR) is 107 cm³/mol. The van der Waals surface area contributed by atoms with Gasteiger partial charge >= 0.3 is 0 Å². The van der Waals surface area contributed by atoms with E-state index in [2.05, 4.69) is 21.8 Å². The third-order valence-electron chi connectivity index (χ3n) is 5.17. The first-order valence-electron chi connectivity index (χ1n) is 9.69. The van der Waals surface area contributed by atoms with Crippen molar-refractivity contribution in [3.05, 3.63) is 59.7 Å². The maximum atomic E-state index is 12.8. The molecule has 0 N–H and O–H groups in total. The lowest BCUT2D eigenvalue weighted by Gasteiger charge is -2.34. The molecule has 1 aliphatic rings. The topological polar surface area (TPSA) is 69.6 Å². The molecule has 0 atom stereocenters. The number of rotatable bonds is 6. The van der Waals surface area contributed by atoms with Crippen molar-refractivity contribution in [2.45, 2.75) is 13.3 Å². The van der Waals surface area contributed by atoms with Crippen molar-refractivity contribution in [2.24, 2.45) is 0 Å². The Bertz CT molecular complexity index is 803. The fourth-order valence-corrected chi connectivity index (χ4v) is 3.29. The highest BCUT2D eigenvalue weighted by atomic mass is 16.2. The minimum atomic E-state index is -0.132. The van der Waals surface area contributed by atoms with Crippen molar-refractivity contribution in [3.8, 4) is 0 Å². The summed E-state index contributed by atoms with van der Waals surface area (Å²) in [7, 11) is 1.77. The van der Waals surface area contributed by atoms with Gasteiger partial charge in [0.1, 0.15) is 0 Å². The number of likely N-dealkylation sites (N-methyl/N-ethyl adjacent to an activating group) is 2. The van der Waals surface area contributed by atoms with Crippen LogP contribution in [0.3, 0.4) is 0 Å². The molecule has 0 bridgehead atoms. The molecule has 1 saturated heterocycles. The Morgan fingerprint density at radius 3 is 2.39 bits per heavy atom. The molecule has 28 heavy (non-hydrogen) atoms. The van der Waals surface area contributed by atoms with Gasteiger partial charge in [-0.15, -0.1) is 0 Å². The van der Waals surface area contributed by atoms with Gasteiger partial charge in [0, 0.05) is 64.6 Å². The summed E-state index contributed by atoms with van der Waals surface area (Å²) in [6.45, 7) is 6.88. The van der Waals surface area contributed by atoms with Crippen LogP contribution in [0, 0.1) is 0 Å². The molecule has 0 saturated carbocycles. The van der Waals surface area contributed by atoms with E-state index >= 15 is 0 Å². The predicted octanol–water partition coefficient (Wildman–Crippen LogP) is 1.57. The highest BCUT2D eigenvalue weighted by Crippen LogP contribution is 2.12. The SMILES string of the molecule is CCN1CCN(C(=O)c2cncc(C(=O)N(C)CCc3ccncc3)c2)CC1. The molecule has 2 aromatic heterocycles. The van der Waals surface area contributed by atoms with Crippen LogP contribution in [0.4, 0.5) is 0 Å². The van der Waals surface area contributed by atoms with Crippen LogP contribution in [0.15, 0.2) is 43.0 Å². The maximum Gasteiger partial charge on any atom is 0.255 e. The number of carbonyl (C=O) groups excluding carboxylic acids is 2. The van der Waals surface area contributed by atoms with Crippen LogP contribution in [0.1, 0.15) is 33.2 Å². The second-order valence-corrected chi connectivity index (χ2v) is 7.02. The average Bonchev–Trinajstić information content (AvgIpc) is 2.77. The van der Waals surface area contributed by atoms with Crippen molar-refractivity contribution in [3.63, 3.8) is 0 Å². The smallest absolute Gasteiger partial charge is 0.255 e. The molecule has 0 spiro atoms. The Balaban J connectivity index is 1.61. The largest absolute Gasteiger partial charge is 0.341 e. The summed E-state index contributed by atoms with van der Waals surface area (Å²) in [6.07, 6.45) is 7.31. The number of piperazine rings is 1. The molecule has 3 heterocycles. The fourth-order valence-electron chi connectivity index (χ4n) is 3.29. The second-order valence-electron chi connectivity index (χ2n) is 7.02. The van der Waals surface area contributed by atoms with Gasteiger partial charge in [0.15, 0.2) is 0 Å². The van der Waals surface area contributed by atoms with Gasteiger partial charge in [0.2, 0.25) is 0 Å². The van der Waals surface area contributed by atoms with Gasteiger partial charge in [-0.2, -0.15) is 0 Å². The molecular weight excluding hydrogens is 354 g/mol. The van der Waals surface area contributed by atoms with E-state index in [0.29, 0.717) is 30.8 Å². The summed E-state index contributed by atoms with van der Waals surface area (Å²) in [5.74, 6) is -0.190. The first-order valence-corrected chi connectivity index (χ1v) is 9.69. The van der Waals surface area contributed by atoms with E-state index in [9.17, 15) is 9.59 Å². The van der Waals surface area contributed by atoms with Gasteiger partial charge in [0.25, 0.3) is 11.8 Å². The zero-order valence-corrected chi connectivity index (χ0v) is 16.5. The van der Waals surface area contributed by atoms with Crippen molar-refractivity contribution in [1.82, 2.24) is 24.7 Å². The number of aromatic nitrogens is 2.